The minimum Gasteiger partial charge on any atom is -0.325 e. The third-order valence-electron chi connectivity index (χ3n) is 5.99. The zero-order valence-corrected chi connectivity index (χ0v) is 17.1. The number of carbonyl (C=O) groups excluding carboxylic acids is 1. The maximum atomic E-state index is 12.5. The van der Waals surface area contributed by atoms with Crippen LogP contribution in [0.25, 0.3) is 0 Å². The molecule has 148 valence electrons. The second-order valence-electron chi connectivity index (χ2n) is 8.06. The number of rotatable bonds is 6. The van der Waals surface area contributed by atoms with Gasteiger partial charge in [0.15, 0.2) is 0 Å². The predicted octanol–water partition coefficient (Wildman–Crippen LogP) is 2.34. The molecule has 1 amide bonds. The van der Waals surface area contributed by atoms with Crippen LogP contribution in [0.3, 0.4) is 0 Å². The first-order valence-electron chi connectivity index (χ1n) is 10.4. The second kappa shape index (κ2) is 9.41. The number of benzene rings is 1. The number of amides is 1. The fourth-order valence-corrected chi connectivity index (χ4v) is 5.51. The Labute approximate surface area is 167 Å². The minimum atomic E-state index is 0.114. The normalized spacial score (nSPS) is 25.1. The molecule has 3 aliphatic rings. The average molecular weight is 389 g/mol. The summed E-state index contributed by atoms with van der Waals surface area (Å²) < 4.78 is 0. The van der Waals surface area contributed by atoms with Crippen molar-refractivity contribution in [1.82, 2.24) is 14.7 Å². The Morgan fingerprint density at radius 3 is 2.70 bits per heavy atom. The first kappa shape index (κ1) is 19.2. The lowest BCUT2D eigenvalue weighted by atomic mass is 10.2. The maximum Gasteiger partial charge on any atom is 0.238 e. The lowest BCUT2D eigenvalue weighted by molar-refractivity contribution is -0.117. The van der Waals surface area contributed by atoms with Crippen molar-refractivity contribution < 1.29 is 4.79 Å². The van der Waals surface area contributed by atoms with E-state index in [1.165, 1.54) is 49.4 Å². The summed E-state index contributed by atoms with van der Waals surface area (Å²) in [6.07, 6.45) is 3.88. The molecule has 1 N–H and O–H groups in total. The molecule has 0 saturated carbocycles. The van der Waals surface area contributed by atoms with Crippen LogP contribution in [-0.4, -0.2) is 84.0 Å². The van der Waals surface area contributed by atoms with E-state index < -0.39 is 0 Å². The molecule has 1 unspecified atom stereocenters. The van der Waals surface area contributed by atoms with Crippen molar-refractivity contribution >= 4 is 23.4 Å². The molecule has 5 nitrogen and oxygen atoms in total. The molecule has 4 rings (SSSR count). The highest BCUT2D eigenvalue weighted by Crippen LogP contribution is 2.20. The van der Waals surface area contributed by atoms with Crippen LogP contribution in [-0.2, 0) is 11.3 Å². The number of thioether (sulfide) groups is 1. The zero-order valence-electron chi connectivity index (χ0n) is 16.2. The van der Waals surface area contributed by atoms with Gasteiger partial charge in [0.1, 0.15) is 0 Å². The van der Waals surface area contributed by atoms with Crippen LogP contribution >= 0.6 is 11.8 Å². The Kier molecular flexibility index (Phi) is 6.71. The van der Waals surface area contributed by atoms with Gasteiger partial charge in [-0.15, -0.1) is 0 Å². The van der Waals surface area contributed by atoms with Gasteiger partial charge in [0.25, 0.3) is 0 Å². The molecule has 0 aliphatic carbocycles. The summed E-state index contributed by atoms with van der Waals surface area (Å²) in [5.74, 6) is 2.57. The summed E-state index contributed by atoms with van der Waals surface area (Å²) in [5.41, 5.74) is 2.22. The molecule has 3 heterocycles. The van der Waals surface area contributed by atoms with Crippen molar-refractivity contribution in [3.63, 3.8) is 0 Å². The van der Waals surface area contributed by atoms with Crippen molar-refractivity contribution in [2.45, 2.75) is 31.8 Å². The number of anilines is 1. The molecule has 3 fully saturated rings. The van der Waals surface area contributed by atoms with Crippen LogP contribution in [0.5, 0.6) is 0 Å². The number of likely N-dealkylation sites (tertiary alicyclic amines) is 2. The van der Waals surface area contributed by atoms with Gasteiger partial charge in [0.05, 0.1) is 6.54 Å². The summed E-state index contributed by atoms with van der Waals surface area (Å²) in [5, 5.41) is 3.11. The summed E-state index contributed by atoms with van der Waals surface area (Å²) >= 11 is 2.04. The van der Waals surface area contributed by atoms with Crippen molar-refractivity contribution in [2.75, 3.05) is 62.6 Å². The molecule has 3 aliphatic heterocycles. The summed E-state index contributed by atoms with van der Waals surface area (Å²) in [6.45, 7) is 8.39. The highest BCUT2D eigenvalue weighted by Gasteiger charge is 2.29. The van der Waals surface area contributed by atoms with E-state index >= 15 is 0 Å². The molecule has 0 bridgehead atoms. The minimum absolute atomic E-state index is 0.114. The van der Waals surface area contributed by atoms with Gasteiger partial charge in [-0.3, -0.25) is 19.5 Å². The van der Waals surface area contributed by atoms with Crippen LogP contribution < -0.4 is 5.32 Å². The molecule has 0 spiro atoms. The van der Waals surface area contributed by atoms with E-state index in [4.69, 9.17) is 0 Å². The van der Waals surface area contributed by atoms with Crippen LogP contribution in [0, 0.1) is 0 Å². The Balaban J connectivity index is 1.25. The highest BCUT2D eigenvalue weighted by atomic mass is 32.2. The predicted molar refractivity (Wildman–Crippen MR) is 113 cm³/mol. The molecular formula is C21H32N4OS. The Bertz CT molecular complexity index is 628. The van der Waals surface area contributed by atoms with Gasteiger partial charge in [-0.25, -0.2) is 0 Å². The first-order chi connectivity index (χ1) is 13.3. The van der Waals surface area contributed by atoms with E-state index in [0.717, 1.165) is 38.4 Å². The quantitative estimate of drug-likeness (QED) is 0.810. The van der Waals surface area contributed by atoms with Gasteiger partial charge in [-0.1, -0.05) is 12.1 Å². The lowest BCUT2D eigenvalue weighted by Crippen LogP contribution is -2.37. The standard InChI is InChI=1S/C21H32N4OS/c26-21(17-24-9-6-20(16-24)25-7-1-2-8-25)22-19-5-3-4-18(14-19)15-23-10-12-27-13-11-23/h3-5,14,20H,1-2,6-13,15-17H2,(H,22,26). The largest absolute Gasteiger partial charge is 0.325 e. The van der Waals surface area contributed by atoms with Gasteiger partial charge < -0.3 is 5.32 Å². The topological polar surface area (TPSA) is 38.8 Å². The van der Waals surface area contributed by atoms with Gasteiger partial charge in [-0.2, -0.15) is 11.8 Å². The van der Waals surface area contributed by atoms with Crippen LogP contribution in [0.15, 0.2) is 24.3 Å². The summed E-state index contributed by atoms with van der Waals surface area (Å²) in [4.78, 5) is 19.9. The number of hydrogen-bond donors (Lipinski definition) is 1. The zero-order chi connectivity index (χ0) is 18.5. The third-order valence-corrected chi connectivity index (χ3v) is 6.93. The van der Waals surface area contributed by atoms with Gasteiger partial charge >= 0.3 is 0 Å². The molecule has 3 saturated heterocycles. The number of nitrogens with one attached hydrogen (secondary N) is 1. The lowest BCUT2D eigenvalue weighted by Gasteiger charge is -2.26. The van der Waals surface area contributed by atoms with Gasteiger partial charge in [0, 0.05) is 56.0 Å². The van der Waals surface area contributed by atoms with E-state index in [9.17, 15) is 4.79 Å². The molecule has 27 heavy (non-hydrogen) atoms. The molecule has 1 aromatic rings. The van der Waals surface area contributed by atoms with E-state index in [1.54, 1.807) is 0 Å². The van der Waals surface area contributed by atoms with Crippen molar-refractivity contribution in [3.8, 4) is 0 Å². The Hall–Kier alpha value is -1.08. The molecular weight excluding hydrogens is 356 g/mol. The van der Waals surface area contributed by atoms with E-state index in [0.29, 0.717) is 12.6 Å². The molecule has 1 atom stereocenters. The van der Waals surface area contributed by atoms with Gasteiger partial charge in [-0.05, 0) is 50.0 Å². The second-order valence-corrected chi connectivity index (χ2v) is 9.28. The first-order valence-corrected chi connectivity index (χ1v) is 11.6. The van der Waals surface area contributed by atoms with Crippen molar-refractivity contribution in [2.24, 2.45) is 0 Å². The smallest absolute Gasteiger partial charge is 0.238 e. The Morgan fingerprint density at radius 2 is 1.89 bits per heavy atom. The number of carbonyl (C=O) groups is 1. The number of hydrogen-bond acceptors (Lipinski definition) is 5. The van der Waals surface area contributed by atoms with E-state index in [2.05, 4.69) is 38.2 Å². The SMILES string of the molecule is O=C(CN1CCC(N2CCCC2)C1)Nc1cccc(CN2CCSCC2)c1. The van der Waals surface area contributed by atoms with Gasteiger partial charge in [0.2, 0.25) is 5.91 Å². The highest BCUT2D eigenvalue weighted by molar-refractivity contribution is 7.99. The monoisotopic (exact) mass is 388 g/mol. The van der Waals surface area contributed by atoms with E-state index in [-0.39, 0.29) is 5.91 Å². The maximum absolute atomic E-state index is 12.5. The Morgan fingerprint density at radius 1 is 1.07 bits per heavy atom. The van der Waals surface area contributed by atoms with Crippen LogP contribution in [0.4, 0.5) is 5.69 Å². The van der Waals surface area contributed by atoms with E-state index in [1.807, 2.05) is 17.8 Å². The van der Waals surface area contributed by atoms with Crippen molar-refractivity contribution in [1.29, 1.82) is 0 Å². The van der Waals surface area contributed by atoms with Crippen LogP contribution in [0.1, 0.15) is 24.8 Å². The molecule has 6 heteroatoms. The summed E-state index contributed by atoms with van der Waals surface area (Å²) in [7, 11) is 0. The fraction of sp³-hybridized carbons (Fsp3) is 0.667. The fourth-order valence-electron chi connectivity index (χ4n) is 4.53. The van der Waals surface area contributed by atoms with Crippen molar-refractivity contribution in [3.05, 3.63) is 29.8 Å². The van der Waals surface area contributed by atoms with Crippen LogP contribution in [0.2, 0.25) is 0 Å². The number of nitrogens with zero attached hydrogens (tertiary/aromatic N) is 3. The summed E-state index contributed by atoms with van der Waals surface area (Å²) in [6, 6.07) is 9.02. The average Bonchev–Trinajstić information content (AvgIpc) is 3.34. The molecule has 0 radical (unpaired) electrons. The molecule has 1 aromatic carbocycles. The third kappa shape index (κ3) is 5.47. The molecule has 0 aromatic heterocycles.